The molecule has 3 N–H and O–H groups in total. The number of rotatable bonds is 7. The van der Waals surface area contributed by atoms with Crippen LogP contribution in [0.2, 0.25) is 0 Å². The minimum absolute atomic E-state index is 0. The van der Waals surface area contributed by atoms with Crippen molar-refractivity contribution in [3.63, 3.8) is 0 Å². The van der Waals surface area contributed by atoms with Gasteiger partial charge in [-0.3, -0.25) is 4.79 Å². The van der Waals surface area contributed by atoms with Gasteiger partial charge in [0.2, 0.25) is 5.91 Å². The maximum Gasteiger partial charge on any atom is 0.220 e. The van der Waals surface area contributed by atoms with Crippen LogP contribution in [0.5, 0.6) is 0 Å². The number of hydrogen-bond acceptors (Lipinski definition) is 2. The monoisotopic (exact) mass is 290 g/mol. The van der Waals surface area contributed by atoms with Crippen LogP contribution in [-0.4, -0.2) is 18.5 Å². The lowest BCUT2D eigenvalue weighted by Gasteiger charge is -2.19. The molecule has 1 aliphatic carbocycles. The van der Waals surface area contributed by atoms with E-state index in [1.54, 1.807) is 0 Å². The molecular formula is C15H31ClN2O. The molecule has 1 atom stereocenters. The molecule has 0 saturated heterocycles. The summed E-state index contributed by atoms with van der Waals surface area (Å²) in [6.45, 7) is 2.73. The fraction of sp³-hybridized carbons (Fsp3) is 0.933. The summed E-state index contributed by atoms with van der Waals surface area (Å²) in [5, 5.41) is 3.11. The molecule has 19 heavy (non-hydrogen) atoms. The lowest BCUT2D eigenvalue weighted by molar-refractivity contribution is -0.122. The van der Waals surface area contributed by atoms with Crippen molar-refractivity contribution in [1.82, 2.24) is 5.32 Å². The van der Waals surface area contributed by atoms with E-state index in [4.69, 9.17) is 5.73 Å². The molecule has 1 aliphatic rings. The highest BCUT2D eigenvalue weighted by atomic mass is 35.5. The van der Waals surface area contributed by atoms with E-state index in [1.165, 1.54) is 38.5 Å². The molecule has 1 fully saturated rings. The second-order valence-corrected chi connectivity index (χ2v) is 5.70. The Labute approximate surface area is 124 Å². The number of nitrogens with two attached hydrogens (primary N) is 1. The van der Waals surface area contributed by atoms with Gasteiger partial charge < -0.3 is 11.1 Å². The summed E-state index contributed by atoms with van der Waals surface area (Å²) in [5.74, 6) is 0.825. The Morgan fingerprint density at radius 2 is 1.89 bits per heavy atom. The summed E-state index contributed by atoms with van der Waals surface area (Å²) >= 11 is 0. The zero-order chi connectivity index (χ0) is 13.2. The van der Waals surface area contributed by atoms with E-state index in [2.05, 4.69) is 12.2 Å². The third-order valence-corrected chi connectivity index (χ3v) is 4.00. The highest BCUT2D eigenvalue weighted by Crippen LogP contribution is 2.25. The largest absolute Gasteiger partial charge is 0.352 e. The van der Waals surface area contributed by atoms with Gasteiger partial charge in [-0.2, -0.15) is 0 Å². The van der Waals surface area contributed by atoms with Crippen molar-refractivity contribution in [3.05, 3.63) is 0 Å². The Bertz CT molecular complexity index is 228. The number of hydrogen-bond donors (Lipinski definition) is 2. The smallest absolute Gasteiger partial charge is 0.220 e. The van der Waals surface area contributed by atoms with Gasteiger partial charge in [-0.25, -0.2) is 0 Å². The fourth-order valence-electron chi connectivity index (χ4n) is 2.82. The van der Waals surface area contributed by atoms with Gasteiger partial charge >= 0.3 is 0 Å². The maximum atomic E-state index is 12.0. The number of unbranched alkanes of at least 4 members (excludes halogenated alkanes) is 1. The lowest BCUT2D eigenvalue weighted by Crippen LogP contribution is -2.40. The van der Waals surface area contributed by atoms with Crippen LogP contribution in [0.3, 0.4) is 0 Å². The summed E-state index contributed by atoms with van der Waals surface area (Å²) in [6, 6.07) is 0.184. The van der Waals surface area contributed by atoms with Crippen LogP contribution in [0.1, 0.15) is 71.1 Å². The van der Waals surface area contributed by atoms with Gasteiger partial charge in [0.25, 0.3) is 0 Å². The van der Waals surface area contributed by atoms with Gasteiger partial charge in [0, 0.05) is 19.0 Å². The van der Waals surface area contributed by atoms with Crippen molar-refractivity contribution in [2.75, 3.05) is 6.54 Å². The third-order valence-electron chi connectivity index (χ3n) is 4.00. The number of carbonyl (C=O) groups excluding carboxylic acids is 1. The minimum atomic E-state index is 0. The topological polar surface area (TPSA) is 55.1 Å². The predicted octanol–water partition coefficient (Wildman–Crippen LogP) is 3.40. The predicted molar refractivity (Wildman–Crippen MR) is 83.6 cm³/mol. The molecule has 1 amide bonds. The molecule has 4 heteroatoms. The molecule has 0 radical (unpaired) electrons. The summed E-state index contributed by atoms with van der Waals surface area (Å²) in [5.41, 5.74) is 5.71. The Balaban J connectivity index is 0.00000324. The number of nitrogens with one attached hydrogen (secondary N) is 1. The first-order valence-corrected chi connectivity index (χ1v) is 7.75. The Hall–Kier alpha value is -0.280. The van der Waals surface area contributed by atoms with Crippen LogP contribution in [0.4, 0.5) is 0 Å². The average Bonchev–Trinajstić information content (AvgIpc) is 2.63. The maximum absolute atomic E-state index is 12.0. The van der Waals surface area contributed by atoms with E-state index < -0.39 is 0 Å². The van der Waals surface area contributed by atoms with Crippen molar-refractivity contribution in [2.45, 2.75) is 77.2 Å². The van der Waals surface area contributed by atoms with Crippen LogP contribution in [0, 0.1) is 5.92 Å². The molecular weight excluding hydrogens is 260 g/mol. The summed E-state index contributed by atoms with van der Waals surface area (Å²) in [7, 11) is 0. The van der Waals surface area contributed by atoms with Crippen molar-refractivity contribution >= 4 is 18.3 Å². The van der Waals surface area contributed by atoms with Crippen molar-refractivity contribution < 1.29 is 4.79 Å². The van der Waals surface area contributed by atoms with E-state index >= 15 is 0 Å². The van der Waals surface area contributed by atoms with Crippen LogP contribution < -0.4 is 11.1 Å². The highest BCUT2D eigenvalue weighted by molar-refractivity contribution is 5.85. The highest BCUT2D eigenvalue weighted by Gasteiger charge is 2.17. The lowest BCUT2D eigenvalue weighted by atomic mass is 9.96. The molecule has 1 unspecified atom stereocenters. The summed E-state index contributed by atoms with van der Waals surface area (Å²) in [6.07, 6.45) is 11.8. The normalized spacial score (nSPS) is 18.2. The van der Waals surface area contributed by atoms with Crippen molar-refractivity contribution in [3.8, 4) is 0 Å². The molecule has 0 spiro atoms. The second-order valence-electron chi connectivity index (χ2n) is 5.70. The summed E-state index contributed by atoms with van der Waals surface area (Å²) < 4.78 is 0. The SMILES string of the molecule is CCCCC(CN)NC(=O)CC1CCCCCC1.Cl. The molecule has 0 aromatic rings. The molecule has 114 valence electrons. The van der Waals surface area contributed by atoms with E-state index in [0.29, 0.717) is 18.9 Å². The van der Waals surface area contributed by atoms with Crippen LogP contribution in [0.15, 0.2) is 0 Å². The third kappa shape index (κ3) is 8.48. The first kappa shape index (κ1) is 18.7. The van der Waals surface area contributed by atoms with Gasteiger partial charge in [-0.05, 0) is 25.2 Å². The van der Waals surface area contributed by atoms with Crippen LogP contribution in [-0.2, 0) is 4.79 Å². The molecule has 0 bridgehead atoms. The van der Waals surface area contributed by atoms with E-state index in [-0.39, 0.29) is 24.4 Å². The molecule has 1 saturated carbocycles. The van der Waals surface area contributed by atoms with Crippen molar-refractivity contribution in [2.24, 2.45) is 11.7 Å². The fourth-order valence-corrected chi connectivity index (χ4v) is 2.82. The molecule has 0 aromatic carbocycles. The minimum Gasteiger partial charge on any atom is -0.352 e. The zero-order valence-corrected chi connectivity index (χ0v) is 13.1. The van der Waals surface area contributed by atoms with Gasteiger partial charge in [0.1, 0.15) is 0 Å². The standard InChI is InChI=1S/C15H30N2O.ClH/c1-2-3-10-14(12-16)17-15(18)11-13-8-6-4-5-7-9-13;/h13-14H,2-12,16H2,1H3,(H,17,18);1H. The first-order chi connectivity index (χ1) is 8.76. The van der Waals surface area contributed by atoms with E-state index in [0.717, 1.165) is 19.3 Å². The Morgan fingerprint density at radius 3 is 2.42 bits per heavy atom. The average molecular weight is 291 g/mol. The Kier molecular flexibility index (Phi) is 11.4. The van der Waals surface area contributed by atoms with Gasteiger partial charge in [0.15, 0.2) is 0 Å². The first-order valence-electron chi connectivity index (χ1n) is 7.75. The quantitative estimate of drug-likeness (QED) is 0.706. The van der Waals surface area contributed by atoms with E-state index in [1.807, 2.05) is 0 Å². The number of halogens is 1. The van der Waals surface area contributed by atoms with Crippen LogP contribution in [0.25, 0.3) is 0 Å². The van der Waals surface area contributed by atoms with Crippen molar-refractivity contribution in [1.29, 1.82) is 0 Å². The summed E-state index contributed by atoms with van der Waals surface area (Å²) in [4.78, 5) is 12.0. The molecule has 3 nitrogen and oxygen atoms in total. The van der Waals surface area contributed by atoms with Crippen LogP contribution >= 0.6 is 12.4 Å². The molecule has 0 aromatic heterocycles. The second kappa shape index (κ2) is 11.5. The van der Waals surface area contributed by atoms with Gasteiger partial charge in [0.05, 0.1) is 0 Å². The van der Waals surface area contributed by atoms with E-state index in [9.17, 15) is 4.79 Å². The number of carbonyl (C=O) groups is 1. The molecule has 0 heterocycles. The molecule has 1 rings (SSSR count). The number of amides is 1. The van der Waals surface area contributed by atoms with Gasteiger partial charge in [-0.1, -0.05) is 45.4 Å². The molecule has 0 aliphatic heterocycles. The Morgan fingerprint density at radius 1 is 1.26 bits per heavy atom. The van der Waals surface area contributed by atoms with Gasteiger partial charge in [-0.15, -0.1) is 12.4 Å². The zero-order valence-electron chi connectivity index (χ0n) is 12.3.